The lowest BCUT2D eigenvalue weighted by molar-refractivity contribution is -0.139. The van der Waals surface area contributed by atoms with Gasteiger partial charge < -0.3 is 15.5 Å². The van der Waals surface area contributed by atoms with Gasteiger partial charge >= 0.3 is 0 Å². The quantitative estimate of drug-likeness (QED) is 0.912. The Kier molecular flexibility index (Phi) is 6.59. The highest BCUT2D eigenvalue weighted by Gasteiger charge is 2.36. The molecule has 1 aliphatic heterocycles. The Morgan fingerprint density at radius 1 is 1.22 bits per heavy atom. The summed E-state index contributed by atoms with van der Waals surface area (Å²) in [5.74, 6) is 0.0142. The number of nitrogens with zero attached hydrogens (tertiary/aromatic N) is 2. The van der Waals surface area contributed by atoms with E-state index in [1.807, 2.05) is 42.3 Å². The summed E-state index contributed by atoms with van der Waals surface area (Å²) in [6, 6.07) is 9.67. The fraction of sp³-hybridized carbons (Fsp3) is 0.529. The number of carbonyl (C=O) groups excluding carboxylic acids is 2. The van der Waals surface area contributed by atoms with E-state index in [1.165, 1.54) is 0 Å². The molecule has 0 saturated carbocycles. The Hall–Kier alpha value is -1.59. The van der Waals surface area contributed by atoms with Crippen molar-refractivity contribution in [2.45, 2.75) is 38.3 Å². The van der Waals surface area contributed by atoms with E-state index < -0.39 is 5.54 Å². The summed E-state index contributed by atoms with van der Waals surface area (Å²) < 4.78 is 0. The van der Waals surface area contributed by atoms with Crippen molar-refractivity contribution in [2.75, 3.05) is 20.1 Å². The van der Waals surface area contributed by atoms with Gasteiger partial charge in [-0.1, -0.05) is 30.3 Å². The maximum Gasteiger partial charge on any atom is 0.246 e. The molecule has 5 nitrogen and oxygen atoms in total. The van der Waals surface area contributed by atoms with Gasteiger partial charge in [-0.2, -0.15) is 0 Å². The third-order valence-corrected chi connectivity index (χ3v) is 4.61. The summed E-state index contributed by atoms with van der Waals surface area (Å²) in [5, 5.41) is 0. The van der Waals surface area contributed by atoms with Crippen molar-refractivity contribution in [3.8, 4) is 0 Å². The van der Waals surface area contributed by atoms with Gasteiger partial charge in [0.15, 0.2) is 0 Å². The number of piperidine rings is 1. The van der Waals surface area contributed by atoms with Crippen LogP contribution < -0.4 is 5.73 Å². The molecule has 1 fully saturated rings. The van der Waals surface area contributed by atoms with Crippen molar-refractivity contribution in [1.29, 1.82) is 0 Å². The van der Waals surface area contributed by atoms with Crippen LogP contribution in [0.25, 0.3) is 0 Å². The van der Waals surface area contributed by atoms with Crippen LogP contribution in [-0.2, 0) is 15.1 Å². The van der Waals surface area contributed by atoms with Gasteiger partial charge in [-0.05, 0) is 25.3 Å². The molecule has 1 aromatic carbocycles. The number of hydrogen-bond acceptors (Lipinski definition) is 3. The molecule has 128 valence electrons. The number of hydrogen-bond donors (Lipinski definition) is 1. The van der Waals surface area contributed by atoms with Crippen LogP contribution in [0.5, 0.6) is 0 Å². The molecule has 1 saturated heterocycles. The van der Waals surface area contributed by atoms with Crippen molar-refractivity contribution in [2.24, 2.45) is 5.73 Å². The van der Waals surface area contributed by atoms with Gasteiger partial charge in [-0.25, -0.2) is 0 Å². The first kappa shape index (κ1) is 19.5. The molecule has 1 aromatic rings. The van der Waals surface area contributed by atoms with Crippen LogP contribution in [0.2, 0.25) is 0 Å². The number of likely N-dealkylation sites (tertiary alicyclic amines) is 1. The number of carbonyl (C=O) groups is 2. The SMILES string of the molecule is CC(=O)N(C)C1CCN(C(=O)C(C)(N)c2ccccc2)CC1.Cl. The zero-order valence-electron chi connectivity index (χ0n) is 14.0. The third kappa shape index (κ3) is 4.24. The molecule has 2 rings (SSSR count). The number of halogens is 1. The number of amides is 2. The summed E-state index contributed by atoms with van der Waals surface area (Å²) in [7, 11) is 1.82. The average Bonchev–Trinajstić information content (AvgIpc) is 2.54. The third-order valence-electron chi connectivity index (χ3n) is 4.61. The highest BCUT2D eigenvalue weighted by atomic mass is 35.5. The molecule has 1 heterocycles. The highest BCUT2D eigenvalue weighted by Crippen LogP contribution is 2.23. The van der Waals surface area contributed by atoms with E-state index in [1.54, 1.807) is 18.7 Å². The zero-order chi connectivity index (χ0) is 16.3. The van der Waals surface area contributed by atoms with Gasteiger partial charge in [0.25, 0.3) is 0 Å². The predicted molar refractivity (Wildman–Crippen MR) is 93.3 cm³/mol. The molecule has 23 heavy (non-hydrogen) atoms. The Labute approximate surface area is 144 Å². The first-order valence-electron chi connectivity index (χ1n) is 7.71. The molecule has 2 N–H and O–H groups in total. The summed E-state index contributed by atoms with van der Waals surface area (Å²) in [5.41, 5.74) is 6.11. The van der Waals surface area contributed by atoms with Gasteiger partial charge in [0.2, 0.25) is 11.8 Å². The lowest BCUT2D eigenvalue weighted by Gasteiger charge is -2.39. The maximum absolute atomic E-state index is 12.8. The molecule has 0 bridgehead atoms. The molecule has 1 atom stereocenters. The molecule has 0 aliphatic carbocycles. The standard InChI is InChI=1S/C17H25N3O2.ClH/c1-13(21)19(3)15-9-11-20(12-10-15)16(22)17(2,18)14-7-5-4-6-8-14;/h4-8,15H,9-12,18H2,1-3H3;1H. The first-order chi connectivity index (χ1) is 10.3. The van der Waals surface area contributed by atoms with Gasteiger partial charge in [0.1, 0.15) is 5.54 Å². The van der Waals surface area contributed by atoms with E-state index >= 15 is 0 Å². The fourth-order valence-electron chi connectivity index (χ4n) is 2.95. The van der Waals surface area contributed by atoms with Gasteiger partial charge in [0, 0.05) is 33.1 Å². The molecule has 1 aliphatic rings. The fourth-order valence-corrected chi connectivity index (χ4v) is 2.95. The van der Waals surface area contributed by atoms with Crippen LogP contribution in [-0.4, -0.2) is 47.8 Å². The normalized spacial score (nSPS) is 17.8. The van der Waals surface area contributed by atoms with E-state index in [-0.39, 0.29) is 30.3 Å². The van der Waals surface area contributed by atoms with E-state index in [9.17, 15) is 9.59 Å². The van der Waals surface area contributed by atoms with Crippen LogP contribution in [0.4, 0.5) is 0 Å². The molecule has 0 radical (unpaired) electrons. The van der Waals surface area contributed by atoms with Crippen molar-refractivity contribution < 1.29 is 9.59 Å². The molecule has 0 aromatic heterocycles. The minimum atomic E-state index is -1.01. The Bertz CT molecular complexity index is 540. The first-order valence-corrected chi connectivity index (χ1v) is 7.71. The maximum atomic E-state index is 12.8. The Morgan fingerprint density at radius 3 is 2.22 bits per heavy atom. The van der Waals surface area contributed by atoms with Gasteiger partial charge in [-0.15, -0.1) is 12.4 Å². The van der Waals surface area contributed by atoms with Crippen LogP contribution in [0.15, 0.2) is 30.3 Å². The smallest absolute Gasteiger partial charge is 0.246 e. The molecule has 0 spiro atoms. The van der Waals surface area contributed by atoms with E-state index in [4.69, 9.17) is 5.73 Å². The number of nitrogens with two attached hydrogens (primary N) is 1. The lowest BCUT2D eigenvalue weighted by Crippen LogP contribution is -2.55. The van der Waals surface area contributed by atoms with E-state index in [2.05, 4.69) is 0 Å². The van der Waals surface area contributed by atoms with Crippen LogP contribution in [0, 0.1) is 0 Å². The van der Waals surface area contributed by atoms with Crippen molar-refractivity contribution in [1.82, 2.24) is 9.80 Å². The topological polar surface area (TPSA) is 66.6 Å². The second-order valence-electron chi connectivity index (χ2n) is 6.22. The van der Waals surface area contributed by atoms with Gasteiger partial charge in [-0.3, -0.25) is 9.59 Å². The summed E-state index contributed by atoms with van der Waals surface area (Å²) >= 11 is 0. The van der Waals surface area contributed by atoms with Crippen molar-refractivity contribution in [3.05, 3.63) is 35.9 Å². The molecule has 2 amide bonds. The lowest BCUT2D eigenvalue weighted by atomic mass is 9.90. The van der Waals surface area contributed by atoms with E-state index in [0.29, 0.717) is 13.1 Å². The molecular formula is C17H26ClN3O2. The largest absolute Gasteiger partial charge is 0.343 e. The number of benzene rings is 1. The van der Waals surface area contributed by atoms with E-state index in [0.717, 1.165) is 18.4 Å². The van der Waals surface area contributed by atoms with Gasteiger partial charge in [0.05, 0.1) is 0 Å². The second-order valence-corrected chi connectivity index (χ2v) is 6.22. The minimum absolute atomic E-state index is 0. The molecular weight excluding hydrogens is 314 g/mol. The summed E-state index contributed by atoms with van der Waals surface area (Å²) in [6.07, 6.45) is 1.60. The van der Waals surface area contributed by atoms with Crippen LogP contribution >= 0.6 is 12.4 Å². The van der Waals surface area contributed by atoms with Crippen LogP contribution in [0.1, 0.15) is 32.3 Å². The highest BCUT2D eigenvalue weighted by molar-refractivity contribution is 5.87. The second kappa shape index (κ2) is 7.79. The summed E-state index contributed by atoms with van der Waals surface area (Å²) in [4.78, 5) is 27.8. The zero-order valence-corrected chi connectivity index (χ0v) is 14.8. The Morgan fingerprint density at radius 2 is 1.74 bits per heavy atom. The minimum Gasteiger partial charge on any atom is -0.343 e. The predicted octanol–water partition coefficient (Wildman–Crippen LogP) is 1.75. The van der Waals surface area contributed by atoms with Crippen molar-refractivity contribution in [3.63, 3.8) is 0 Å². The Balaban J connectivity index is 0.00000264. The monoisotopic (exact) mass is 339 g/mol. The number of rotatable bonds is 3. The molecule has 1 unspecified atom stereocenters. The molecule has 6 heteroatoms. The van der Waals surface area contributed by atoms with Crippen molar-refractivity contribution >= 4 is 24.2 Å². The average molecular weight is 340 g/mol. The van der Waals surface area contributed by atoms with Crippen LogP contribution in [0.3, 0.4) is 0 Å². The summed E-state index contributed by atoms with van der Waals surface area (Å²) in [6.45, 7) is 4.61.